The maximum Gasteiger partial charge on any atom is 0.416 e. The molecule has 0 aliphatic carbocycles. The molecular formula is C13H15BrF3NO. The minimum Gasteiger partial charge on any atom is -0.344 e. The van der Waals surface area contributed by atoms with E-state index in [9.17, 15) is 18.0 Å². The van der Waals surface area contributed by atoms with Crippen molar-refractivity contribution in [1.29, 1.82) is 0 Å². The van der Waals surface area contributed by atoms with Gasteiger partial charge in [-0.2, -0.15) is 13.2 Å². The number of benzene rings is 1. The first kappa shape index (κ1) is 16.0. The number of halogens is 4. The van der Waals surface area contributed by atoms with Gasteiger partial charge >= 0.3 is 6.18 Å². The lowest BCUT2D eigenvalue weighted by atomic mass is 10.1. The number of rotatable bonds is 4. The third-order valence-electron chi connectivity index (χ3n) is 2.59. The molecule has 0 bridgehead atoms. The van der Waals surface area contributed by atoms with Gasteiger partial charge in [0.2, 0.25) is 5.91 Å². The van der Waals surface area contributed by atoms with E-state index in [-0.39, 0.29) is 17.2 Å². The highest BCUT2D eigenvalue weighted by atomic mass is 79.9. The lowest BCUT2D eigenvalue weighted by molar-refractivity contribution is -0.137. The maximum absolute atomic E-state index is 12.4. The summed E-state index contributed by atoms with van der Waals surface area (Å²) in [6.07, 6.45) is -4.24. The van der Waals surface area contributed by atoms with Crippen molar-refractivity contribution < 1.29 is 18.0 Å². The Kier molecular flexibility index (Phi) is 5.40. The first-order chi connectivity index (χ1) is 8.70. The predicted molar refractivity (Wildman–Crippen MR) is 71.2 cm³/mol. The first-order valence-corrected chi connectivity index (χ1v) is 6.66. The molecule has 1 unspecified atom stereocenters. The van der Waals surface area contributed by atoms with Crippen LogP contribution in [-0.4, -0.2) is 29.2 Å². The molecule has 1 aromatic carbocycles. The molecule has 0 heterocycles. The Morgan fingerprint density at radius 2 is 1.84 bits per heavy atom. The molecule has 106 valence electrons. The number of carbonyl (C=O) groups excluding carboxylic acids is 1. The fourth-order valence-electron chi connectivity index (χ4n) is 1.60. The first-order valence-electron chi connectivity index (χ1n) is 5.74. The van der Waals surface area contributed by atoms with Crippen LogP contribution in [0.1, 0.15) is 18.1 Å². The zero-order chi connectivity index (χ0) is 14.6. The molecular weight excluding hydrogens is 323 g/mol. The number of alkyl halides is 4. The summed E-state index contributed by atoms with van der Waals surface area (Å²) in [5.41, 5.74) is -0.127. The molecule has 0 saturated heterocycles. The molecule has 1 aromatic rings. The Morgan fingerprint density at radius 1 is 1.32 bits per heavy atom. The van der Waals surface area contributed by atoms with Gasteiger partial charge in [-0.15, -0.1) is 0 Å². The zero-order valence-corrected chi connectivity index (χ0v) is 12.3. The molecule has 0 radical (unpaired) electrons. The standard InChI is InChI=1S/C13H15BrF3NO/c1-9(14)8-18(2)12(19)7-10-3-5-11(6-4-10)13(15,16)17/h3-6,9H,7-8H2,1-2H3. The molecule has 0 aliphatic heterocycles. The van der Waals surface area contributed by atoms with Crippen LogP contribution in [0.3, 0.4) is 0 Å². The van der Waals surface area contributed by atoms with Gasteiger partial charge in [-0.25, -0.2) is 0 Å². The molecule has 1 rings (SSSR count). The molecule has 2 nitrogen and oxygen atoms in total. The van der Waals surface area contributed by atoms with Crippen molar-refractivity contribution in [2.75, 3.05) is 13.6 Å². The quantitative estimate of drug-likeness (QED) is 0.770. The average molecular weight is 338 g/mol. The van der Waals surface area contributed by atoms with Gasteiger partial charge in [0.15, 0.2) is 0 Å². The van der Waals surface area contributed by atoms with E-state index >= 15 is 0 Å². The van der Waals surface area contributed by atoms with Crippen molar-refractivity contribution in [3.63, 3.8) is 0 Å². The minimum absolute atomic E-state index is 0.106. The van der Waals surface area contributed by atoms with Crippen LogP contribution < -0.4 is 0 Å². The van der Waals surface area contributed by atoms with E-state index in [4.69, 9.17) is 0 Å². The lowest BCUT2D eigenvalue weighted by Crippen LogP contribution is -2.32. The van der Waals surface area contributed by atoms with E-state index in [0.29, 0.717) is 12.1 Å². The van der Waals surface area contributed by atoms with Gasteiger partial charge in [-0.3, -0.25) is 4.79 Å². The van der Waals surface area contributed by atoms with Gasteiger partial charge in [0.25, 0.3) is 0 Å². The summed E-state index contributed by atoms with van der Waals surface area (Å²) in [6, 6.07) is 4.67. The van der Waals surface area contributed by atoms with Crippen molar-refractivity contribution in [2.24, 2.45) is 0 Å². The van der Waals surface area contributed by atoms with E-state index in [2.05, 4.69) is 15.9 Å². The summed E-state index contributed by atoms with van der Waals surface area (Å²) in [4.78, 5) is 13.5. The van der Waals surface area contributed by atoms with Gasteiger partial charge in [0.1, 0.15) is 0 Å². The fourth-order valence-corrected chi connectivity index (χ4v) is 2.03. The molecule has 6 heteroatoms. The van der Waals surface area contributed by atoms with Crippen LogP contribution in [0.25, 0.3) is 0 Å². The van der Waals surface area contributed by atoms with E-state index in [1.165, 1.54) is 12.1 Å². The van der Waals surface area contributed by atoms with Crippen molar-refractivity contribution in [3.05, 3.63) is 35.4 Å². The van der Waals surface area contributed by atoms with Crippen LogP contribution in [0.2, 0.25) is 0 Å². The lowest BCUT2D eigenvalue weighted by Gasteiger charge is -2.18. The summed E-state index contributed by atoms with van der Waals surface area (Å²) in [5, 5.41) is 0. The molecule has 1 atom stereocenters. The molecule has 1 amide bonds. The number of carbonyl (C=O) groups is 1. The molecule has 0 aliphatic rings. The van der Waals surface area contributed by atoms with E-state index in [1.54, 1.807) is 11.9 Å². The molecule has 0 spiro atoms. The third-order valence-corrected chi connectivity index (χ3v) is 2.88. The van der Waals surface area contributed by atoms with Crippen LogP contribution in [-0.2, 0) is 17.4 Å². The Hall–Kier alpha value is -1.04. The summed E-state index contributed by atoms with van der Waals surface area (Å²) in [7, 11) is 1.67. The predicted octanol–water partition coefficient (Wildman–Crippen LogP) is 3.49. The Morgan fingerprint density at radius 3 is 2.26 bits per heavy atom. The number of hydrogen-bond acceptors (Lipinski definition) is 1. The Labute approximate surface area is 118 Å². The SMILES string of the molecule is CC(Br)CN(C)C(=O)Cc1ccc(C(F)(F)F)cc1. The molecule has 0 saturated carbocycles. The maximum atomic E-state index is 12.4. The van der Waals surface area contributed by atoms with Crippen LogP contribution in [0.5, 0.6) is 0 Å². The van der Waals surface area contributed by atoms with Gasteiger partial charge in [-0.1, -0.05) is 35.0 Å². The third kappa shape index (κ3) is 5.22. The van der Waals surface area contributed by atoms with Crippen molar-refractivity contribution in [1.82, 2.24) is 4.90 Å². The Balaban J connectivity index is 2.66. The topological polar surface area (TPSA) is 20.3 Å². The van der Waals surface area contributed by atoms with Gasteiger partial charge in [-0.05, 0) is 17.7 Å². The summed E-state index contributed by atoms with van der Waals surface area (Å²) in [6.45, 7) is 2.47. The van der Waals surface area contributed by atoms with Crippen molar-refractivity contribution >= 4 is 21.8 Å². The van der Waals surface area contributed by atoms with Crippen molar-refractivity contribution in [3.8, 4) is 0 Å². The molecule has 0 fully saturated rings. The second-order valence-electron chi connectivity index (χ2n) is 4.43. The number of hydrogen-bond donors (Lipinski definition) is 0. The largest absolute Gasteiger partial charge is 0.416 e. The number of amides is 1. The van der Waals surface area contributed by atoms with E-state index < -0.39 is 11.7 Å². The van der Waals surface area contributed by atoms with Crippen LogP contribution in [0.4, 0.5) is 13.2 Å². The van der Waals surface area contributed by atoms with E-state index in [1.807, 2.05) is 6.92 Å². The number of likely N-dealkylation sites (N-methyl/N-ethyl adjacent to an activating group) is 1. The van der Waals surface area contributed by atoms with Crippen LogP contribution >= 0.6 is 15.9 Å². The summed E-state index contributed by atoms with van der Waals surface area (Å²) in [5.74, 6) is -0.119. The van der Waals surface area contributed by atoms with Crippen LogP contribution in [0.15, 0.2) is 24.3 Å². The zero-order valence-electron chi connectivity index (χ0n) is 10.7. The minimum atomic E-state index is -4.34. The molecule has 19 heavy (non-hydrogen) atoms. The molecule has 0 aromatic heterocycles. The smallest absolute Gasteiger partial charge is 0.344 e. The van der Waals surface area contributed by atoms with Gasteiger partial charge < -0.3 is 4.90 Å². The molecule has 0 N–H and O–H groups in total. The highest BCUT2D eigenvalue weighted by molar-refractivity contribution is 9.09. The highest BCUT2D eigenvalue weighted by Crippen LogP contribution is 2.29. The summed E-state index contributed by atoms with van der Waals surface area (Å²) >= 11 is 3.34. The van der Waals surface area contributed by atoms with Gasteiger partial charge in [0, 0.05) is 18.4 Å². The Bertz CT molecular complexity index is 429. The second kappa shape index (κ2) is 6.41. The van der Waals surface area contributed by atoms with Crippen molar-refractivity contribution in [2.45, 2.75) is 24.3 Å². The highest BCUT2D eigenvalue weighted by Gasteiger charge is 2.30. The summed E-state index contributed by atoms with van der Waals surface area (Å²) < 4.78 is 37.1. The second-order valence-corrected chi connectivity index (χ2v) is 5.99. The van der Waals surface area contributed by atoms with Crippen LogP contribution in [0, 0.1) is 0 Å². The number of nitrogens with zero attached hydrogens (tertiary/aromatic N) is 1. The monoisotopic (exact) mass is 337 g/mol. The van der Waals surface area contributed by atoms with Gasteiger partial charge in [0.05, 0.1) is 12.0 Å². The fraction of sp³-hybridized carbons (Fsp3) is 0.462. The average Bonchev–Trinajstić information content (AvgIpc) is 2.27. The van der Waals surface area contributed by atoms with E-state index in [0.717, 1.165) is 12.1 Å². The normalized spacial score (nSPS) is 13.2.